The number of fused-ring (bicyclic) bond motifs is 6. The van der Waals surface area contributed by atoms with Gasteiger partial charge in [-0.2, -0.15) is 0 Å². The lowest BCUT2D eigenvalue weighted by Crippen LogP contribution is -2.43. The first-order valence-corrected chi connectivity index (χ1v) is 8.00. The van der Waals surface area contributed by atoms with Crippen molar-refractivity contribution >= 4 is 28.3 Å². The lowest BCUT2D eigenvalue weighted by molar-refractivity contribution is -0.128. The second-order valence-corrected chi connectivity index (χ2v) is 6.57. The average Bonchev–Trinajstić information content (AvgIpc) is 3.26. The number of hydrogen-bond acceptors (Lipinski definition) is 4. The van der Waals surface area contributed by atoms with Crippen LogP contribution in [-0.4, -0.2) is 35.2 Å². The zero-order valence-electron chi connectivity index (χ0n) is 12.8. The number of hydrogen-bond donors (Lipinski definition) is 1. The van der Waals surface area contributed by atoms with Gasteiger partial charge in [-0.1, -0.05) is 48.6 Å². The van der Waals surface area contributed by atoms with Gasteiger partial charge in [0.2, 0.25) is 11.8 Å². The molecule has 0 radical (unpaired) electrons. The number of carbonyl (C=O) groups excluding carboxylic acids is 2. The summed E-state index contributed by atoms with van der Waals surface area (Å²) in [6.45, 7) is -0.302. The summed E-state index contributed by atoms with van der Waals surface area (Å²) in [6.07, 6.45) is 3.09. The number of imide groups is 1. The van der Waals surface area contributed by atoms with Crippen molar-refractivity contribution in [1.29, 1.82) is 0 Å². The summed E-state index contributed by atoms with van der Waals surface area (Å²) in [5.74, 6) is -1.73. The van der Waals surface area contributed by atoms with Gasteiger partial charge in [0.1, 0.15) is 5.60 Å². The van der Waals surface area contributed by atoms with E-state index in [0.29, 0.717) is 5.69 Å². The summed E-state index contributed by atoms with van der Waals surface area (Å²) in [5, 5.41) is 11.6. The third-order valence-electron chi connectivity index (χ3n) is 5.41. The van der Waals surface area contributed by atoms with Gasteiger partial charge in [0, 0.05) is 5.39 Å². The Labute approximate surface area is 138 Å². The molecular formula is C19H15NO4. The number of aliphatic hydroxyl groups excluding tert-OH is 1. The van der Waals surface area contributed by atoms with Crippen LogP contribution in [0.15, 0.2) is 54.6 Å². The molecule has 2 amide bonds. The van der Waals surface area contributed by atoms with Crippen LogP contribution in [0.5, 0.6) is 0 Å². The topological polar surface area (TPSA) is 66.8 Å². The maximum Gasteiger partial charge on any atom is 0.241 e. The minimum absolute atomic E-state index is 0.244. The molecule has 3 aliphatic rings. The predicted molar refractivity (Wildman–Crippen MR) is 87.3 cm³/mol. The van der Waals surface area contributed by atoms with Crippen molar-refractivity contribution in [3.05, 3.63) is 54.6 Å². The molecule has 5 heteroatoms. The van der Waals surface area contributed by atoms with Crippen molar-refractivity contribution in [3.63, 3.8) is 0 Å². The monoisotopic (exact) mass is 321 g/mol. The van der Waals surface area contributed by atoms with E-state index in [9.17, 15) is 14.7 Å². The largest absolute Gasteiger partial charge is 0.393 e. The van der Waals surface area contributed by atoms with Gasteiger partial charge < -0.3 is 9.84 Å². The fourth-order valence-electron chi connectivity index (χ4n) is 4.32. The number of benzene rings is 2. The molecule has 4 atom stereocenters. The third-order valence-corrected chi connectivity index (χ3v) is 5.41. The van der Waals surface area contributed by atoms with Crippen LogP contribution in [0.1, 0.15) is 0 Å². The van der Waals surface area contributed by atoms with Gasteiger partial charge in [0.25, 0.3) is 0 Å². The van der Waals surface area contributed by atoms with Gasteiger partial charge in [0.05, 0.1) is 30.2 Å². The first-order valence-electron chi connectivity index (χ1n) is 8.00. The average molecular weight is 321 g/mol. The van der Waals surface area contributed by atoms with Gasteiger partial charge in [0.15, 0.2) is 0 Å². The van der Waals surface area contributed by atoms with Crippen molar-refractivity contribution in [3.8, 4) is 0 Å². The zero-order valence-corrected chi connectivity index (χ0v) is 12.8. The van der Waals surface area contributed by atoms with Crippen LogP contribution in [0.2, 0.25) is 0 Å². The highest BCUT2D eigenvalue weighted by atomic mass is 16.5. The Bertz CT molecular complexity index is 915. The highest BCUT2D eigenvalue weighted by Crippen LogP contribution is 2.52. The fourth-order valence-corrected chi connectivity index (χ4v) is 4.32. The molecule has 120 valence electrons. The van der Waals surface area contributed by atoms with E-state index in [1.807, 2.05) is 36.4 Å². The van der Waals surface area contributed by atoms with Gasteiger partial charge in [-0.25, -0.2) is 4.90 Å². The second-order valence-electron chi connectivity index (χ2n) is 6.57. The number of nitrogens with zero attached hydrogens (tertiary/aromatic N) is 1. The van der Waals surface area contributed by atoms with Gasteiger partial charge in [-0.05, 0) is 11.5 Å². The summed E-state index contributed by atoms with van der Waals surface area (Å²) in [5.41, 5.74) is -0.452. The summed E-state index contributed by atoms with van der Waals surface area (Å²) >= 11 is 0. The fraction of sp³-hybridized carbons (Fsp3) is 0.263. The molecule has 0 aliphatic carbocycles. The third kappa shape index (κ3) is 1.51. The molecule has 1 N–H and O–H groups in total. The number of aliphatic hydroxyl groups is 1. The summed E-state index contributed by atoms with van der Waals surface area (Å²) < 4.78 is 5.76. The van der Waals surface area contributed by atoms with E-state index < -0.39 is 23.5 Å². The highest BCUT2D eigenvalue weighted by Gasteiger charge is 2.67. The van der Waals surface area contributed by atoms with Crippen molar-refractivity contribution < 1.29 is 19.4 Å². The number of carbonyl (C=O) groups is 2. The quantitative estimate of drug-likeness (QED) is 0.674. The van der Waals surface area contributed by atoms with Crippen LogP contribution < -0.4 is 4.90 Å². The molecule has 0 spiro atoms. The Balaban J connectivity index is 1.67. The van der Waals surface area contributed by atoms with Crippen molar-refractivity contribution in [2.24, 2.45) is 11.8 Å². The first-order chi connectivity index (χ1) is 11.7. The zero-order chi connectivity index (χ0) is 16.5. The summed E-state index contributed by atoms with van der Waals surface area (Å²) in [6, 6.07) is 13.3. The van der Waals surface area contributed by atoms with E-state index in [4.69, 9.17) is 4.74 Å². The molecule has 5 nitrogen and oxygen atoms in total. The molecule has 24 heavy (non-hydrogen) atoms. The molecule has 3 heterocycles. The van der Waals surface area contributed by atoms with Crippen molar-refractivity contribution in [2.75, 3.05) is 11.5 Å². The van der Waals surface area contributed by atoms with Gasteiger partial charge >= 0.3 is 0 Å². The normalized spacial score (nSPS) is 33.7. The summed E-state index contributed by atoms with van der Waals surface area (Å²) in [7, 11) is 0. The van der Waals surface area contributed by atoms with Crippen LogP contribution in [0, 0.1) is 11.8 Å². The van der Waals surface area contributed by atoms with Crippen LogP contribution in [0.3, 0.4) is 0 Å². The molecule has 0 aromatic heterocycles. The molecule has 0 unspecified atom stereocenters. The second kappa shape index (κ2) is 4.53. The van der Waals surface area contributed by atoms with E-state index in [1.165, 1.54) is 4.90 Å². The Morgan fingerprint density at radius 2 is 1.88 bits per heavy atom. The number of ether oxygens (including phenoxy) is 1. The molecule has 0 saturated carbocycles. The number of rotatable bonds is 2. The van der Waals surface area contributed by atoms with Crippen LogP contribution in [0.4, 0.5) is 5.69 Å². The smallest absolute Gasteiger partial charge is 0.241 e. The molecule has 2 aromatic rings. The van der Waals surface area contributed by atoms with Gasteiger partial charge in [-0.15, -0.1) is 0 Å². The lowest BCUT2D eigenvalue weighted by atomic mass is 9.77. The van der Waals surface area contributed by atoms with E-state index >= 15 is 0 Å². The van der Waals surface area contributed by atoms with E-state index in [2.05, 4.69) is 0 Å². The number of amides is 2. The molecule has 5 rings (SSSR count). The molecule has 2 saturated heterocycles. The molecule has 2 bridgehead atoms. The molecule has 3 aliphatic heterocycles. The number of anilines is 1. The van der Waals surface area contributed by atoms with Crippen LogP contribution >= 0.6 is 0 Å². The minimum Gasteiger partial charge on any atom is -0.393 e. The van der Waals surface area contributed by atoms with E-state index in [-0.39, 0.29) is 18.4 Å². The SMILES string of the molecule is O=C1[C@H]2[C@@H](C(=O)N1c1cccc3ccccc13)[C@@]1(CO)C=C[C@H]2O1. The Hall–Kier alpha value is -2.50. The maximum atomic E-state index is 13.1. The Morgan fingerprint density at radius 1 is 1.08 bits per heavy atom. The maximum absolute atomic E-state index is 13.1. The van der Waals surface area contributed by atoms with Crippen LogP contribution in [0.25, 0.3) is 10.8 Å². The minimum atomic E-state index is -1.05. The Kier molecular flexibility index (Phi) is 2.62. The molecule has 2 fully saturated rings. The standard InChI is InChI=1S/C19H15NO4/c21-10-19-9-8-14(24-19)15-16(19)18(23)20(17(15)22)13-7-3-5-11-4-1-2-6-12(11)13/h1-9,14-16,21H,10H2/t14-,15-,16+,19+/m1/s1. The van der Waals surface area contributed by atoms with Crippen LogP contribution in [-0.2, 0) is 14.3 Å². The van der Waals surface area contributed by atoms with E-state index in [1.54, 1.807) is 18.2 Å². The highest BCUT2D eigenvalue weighted by molar-refractivity contribution is 6.26. The first kappa shape index (κ1) is 13.9. The lowest BCUT2D eigenvalue weighted by Gasteiger charge is -2.26. The predicted octanol–water partition coefficient (Wildman–Crippen LogP) is 1.65. The molecular weight excluding hydrogens is 306 g/mol. The van der Waals surface area contributed by atoms with Crippen molar-refractivity contribution in [1.82, 2.24) is 0 Å². The van der Waals surface area contributed by atoms with Gasteiger partial charge in [-0.3, -0.25) is 9.59 Å². The van der Waals surface area contributed by atoms with E-state index in [0.717, 1.165) is 10.8 Å². The van der Waals surface area contributed by atoms with Crippen molar-refractivity contribution in [2.45, 2.75) is 11.7 Å². The summed E-state index contributed by atoms with van der Waals surface area (Å²) in [4.78, 5) is 27.4. The Morgan fingerprint density at radius 3 is 2.71 bits per heavy atom. The molecule has 2 aromatic carbocycles.